The molecule has 1 fully saturated rings. The summed E-state index contributed by atoms with van der Waals surface area (Å²) in [6.45, 7) is 2.78. The van der Waals surface area contributed by atoms with Crippen molar-refractivity contribution in [3.8, 4) is 0 Å². The molecular formula is C14H20ClN3O2. The van der Waals surface area contributed by atoms with E-state index in [1.54, 1.807) is 12.1 Å². The second-order valence-electron chi connectivity index (χ2n) is 5.54. The molecule has 0 bridgehead atoms. The van der Waals surface area contributed by atoms with Gasteiger partial charge < -0.3 is 4.90 Å². The highest BCUT2D eigenvalue weighted by Crippen LogP contribution is 2.26. The number of likely N-dealkylation sites (N-methyl/N-ethyl adjacent to an activating group) is 1. The molecule has 0 saturated carbocycles. The lowest BCUT2D eigenvalue weighted by molar-refractivity contribution is -0.384. The summed E-state index contributed by atoms with van der Waals surface area (Å²) in [5, 5.41) is 11.1. The highest BCUT2D eigenvalue weighted by molar-refractivity contribution is 6.32. The van der Waals surface area contributed by atoms with Crippen molar-refractivity contribution in [2.24, 2.45) is 0 Å². The molecule has 0 N–H and O–H groups in total. The number of benzene rings is 1. The Balaban J connectivity index is 2.06. The number of hydrogen-bond acceptors (Lipinski definition) is 4. The fourth-order valence-electron chi connectivity index (χ4n) is 2.65. The molecule has 6 heteroatoms. The minimum atomic E-state index is -0.426. The van der Waals surface area contributed by atoms with E-state index in [1.165, 1.54) is 12.8 Å². The first-order chi connectivity index (χ1) is 9.47. The zero-order valence-corrected chi connectivity index (χ0v) is 12.6. The van der Waals surface area contributed by atoms with Crippen LogP contribution in [0.3, 0.4) is 0 Å². The highest BCUT2D eigenvalue weighted by Gasteiger charge is 2.22. The molecule has 1 aromatic rings. The Hall–Kier alpha value is -1.17. The fraction of sp³-hybridized carbons (Fsp3) is 0.571. The van der Waals surface area contributed by atoms with Gasteiger partial charge in [-0.25, -0.2) is 0 Å². The summed E-state index contributed by atoms with van der Waals surface area (Å²) in [7, 11) is 4.20. The lowest BCUT2D eigenvalue weighted by atomic mass is 10.0. The Morgan fingerprint density at radius 2 is 2.25 bits per heavy atom. The molecular weight excluding hydrogens is 278 g/mol. The van der Waals surface area contributed by atoms with Crippen molar-refractivity contribution in [2.75, 3.05) is 27.2 Å². The van der Waals surface area contributed by atoms with Gasteiger partial charge in [-0.15, -0.1) is 0 Å². The number of nitrogens with zero attached hydrogens (tertiary/aromatic N) is 3. The summed E-state index contributed by atoms with van der Waals surface area (Å²) in [6.07, 6.45) is 2.38. The molecule has 5 nitrogen and oxygen atoms in total. The first kappa shape index (κ1) is 15.2. The van der Waals surface area contributed by atoms with Gasteiger partial charge in [0.05, 0.1) is 4.92 Å². The van der Waals surface area contributed by atoms with Crippen molar-refractivity contribution in [1.29, 1.82) is 0 Å². The maximum absolute atomic E-state index is 10.9. The number of nitro benzene ring substituents is 1. The van der Waals surface area contributed by atoms with E-state index in [2.05, 4.69) is 23.9 Å². The molecule has 1 aromatic carbocycles. The number of halogens is 1. The highest BCUT2D eigenvalue weighted by atomic mass is 35.5. The molecule has 0 spiro atoms. The van der Waals surface area contributed by atoms with Crippen LogP contribution in [0.2, 0.25) is 5.02 Å². The average Bonchev–Trinajstić information content (AvgIpc) is 2.41. The van der Waals surface area contributed by atoms with Crippen LogP contribution in [0.5, 0.6) is 0 Å². The first-order valence-corrected chi connectivity index (χ1v) is 7.17. The van der Waals surface area contributed by atoms with Crippen LogP contribution in [-0.2, 0) is 6.54 Å². The van der Waals surface area contributed by atoms with Crippen LogP contribution in [-0.4, -0.2) is 47.9 Å². The van der Waals surface area contributed by atoms with Gasteiger partial charge in [-0.05, 0) is 45.1 Å². The zero-order valence-electron chi connectivity index (χ0n) is 11.9. The summed E-state index contributed by atoms with van der Waals surface area (Å²) in [5.74, 6) is 0. The van der Waals surface area contributed by atoms with Gasteiger partial charge in [-0.1, -0.05) is 17.7 Å². The number of nitro groups is 1. The van der Waals surface area contributed by atoms with Crippen LogP contribution >= 0.6 is 11.6 Å². The molecule has 0 aliphatic carbocycles. The maximum Gasteiger partial charge on any atom is 0.288 e. The summed E-state index contributed by atoms with van der Waals surface area (Å²) in [4.78, 5) is 15.1. The molecule has 0 amide bonds. The average molecular weight is 298 g/mol. The fourth-order valence-corrected chi connectivity index (χ4v) is 2.84. The van der Waals surface area contributed by atoms with Crippen LogP contribution in [0.25, 0.3) is 0 Å². The molecule has 1 aliphatic rings. The van der Waals surface area contributed by atoms with Gasteiger partial charge in [-0.3, -0.25) is 15.0 Å². The topological polar surface area (TPSA) is 49.6 Å². The Morgan fingerprint density at radius 1 is 1.50 bits per heavy atom. The van der Waals surface area contributed by atoms with Gasteiger partial charge in [0.25, 0.3) is 5.69 Å². The van der Waals surface area contributed by atoms with Crippen LogP contribution in [0.15, 0.2) is 18.2 Å². The normalized spacial score (nSPS) is 20.3. The molecule has 0 radical (unpaired) electrons. The summed E-state index contributed by atoms with van der Waals surface area (Å²) in [5.41, 5.74) is 0.936. The quantitative estimate of drug-likeness (QED) is 0.633. The monoisotopic (exact) mass is 297 g/mol. The minimum Gasteiger partial charge on any atom is -0.305 e. The van der Waals surface area contributed by atoms with Gasteiger partial charge >= 0.3 is 0 Å². The third-order valence-corrected chi connectivity index (χ3v) is 4.14. The number of likely N-dealkylation sites (tertiary alicyclic amines) is 1. The van der Waals surface area contributed by atoms with E-state index < -0.39 is 4.92 Å². The summed E-state index contributed by atoms with van der Waals surface area (Å²) in [6, 6.07) is 5.63. The molecule has 1 atom stereocenters. The minimum absolute atomic E-state index is 0.00895. The van der Waals surface area contributed by atoms with Crippen LogP contribution in [0, 0.1) is 10.1 Å². The summed E-state index contributed by atoms with van der Waals surface area (Å²) < 4.78 is 0. The maximum atomic E-state index is 10.9. The lowest BCUT2D eigenvalue weighted by Gasteiger charge is -2.36. The number of piperidine rings is 1. The van der Waals surface area contributed by atoms with Gasteiger partial charge in [0.15, 0.2) is 0 Å². The molecule has 0 aromatic heterocycles. The van der Waals surface area contributed by atoms with Crippen molar-refractivity contribution in [3.63, 3.8) is 0 Å². The summed E-state index contributed by atoms with van der Waals surface area (Å²) >= 11 is 5.84. The van der Waals surface area contributed by atoms with Gasteiger partial charge in [0.2, 0.25) is 0 Å². The van der Waals surface area contributed by atoms with Crippen molar-refractivity contribution in [3.05, 3.63) is 38.9 Å². The van der Waals surface area contributed by atoms with Gasteiger partial charge in [0, 0.05) is 25.2 Å². The van der Waals surface area contributed by atoms with E-state index in [9.17, 15) is 10.1 Å². The predicted molar refractivity (Wildman–Crippen MR) is 80.1 cm³/mol. The second-order valence-corrected chi connectivity index (χ2v) is 5.94. The number of hydrogen-bond donors (Lipinski definition) is 0. The lowest BCUT2D eigenvalue weighted by Crippen LogP contribution is -2.44. The first-order valence-electron chi connectivity index (χ1n) is 6.79. The van der Waals surface area contributed by atoms with Crippen LogP contribution in [0.4, 0.5) is 5.69 Å². The van der Waals surface area contributed by atoms with Crippen LogP contribution in [0.1, 0.15) is 18.4 Å². The van der Waals surface area contributed by atoms with Crippen molar-refractivity contribution >= 4 is 17.3 Å². The smallest absolute Gasteiger partial charge is 0.288 e. The molecule has 1 saturated heterocycles. The Morgan fingerprint density at radius 3 is 2.90 bits per heavy atom. The van der Waals surface area contributed by atoms with Crippen molar-refractivity contribution in [2.45, 2.75) is 25.4 Å². The van der Waals surface area contributed by atoms with Crippen LogP contribution < -0.4 is 0 Å². The molecule has 1 unspecified atom stereocenters. The largest absolute Gasteiger partial charge is 0.305 e. The van der Waals surface area contributed by atoms with E-state index in [-0.39, 0.29) is 10.7 Å². The van der Waals surface area contributed by atoms with Crippen molar-refractivity contribution < 1.29 is 4.92 Å². The zero-order chi connectivity index (χ0) is 14.7. The molecule has 20 heavy (non-hydrogen) atoms. The van der Waals surface area contributed by atoms with Crippen molar-refractivity contribution in [1.82, 2.24) is 9.80 Å². The van der Waals surface area contributed by atoms with E-state index in [0.717, 1.165) is 25.2 Å². The van der Waals surface area contributed by atoms with E-state index >= 15 is 0 Å². The van der Waals surface area contributed by atoms with Gasteiger partial charge in [0.1, 0.15) is 5.02 Å². The molecule has 1 aliphatic heterocycles. The van der Waals surface area contributed by atoms with Gasteiger partial charge in [-0.2, -0.15) is 0 Å². The third kappa shape index (κ3) is 3.69. The number of rotatable bonds is 4. The SMILES string of the molecule is CN(C)C1CCCN(Cc2ccc(Cl)c([N+](=O)[O-])c2)C1. The van der Waals surface area contributed by atoms with E-state index in [4.69, 9.17) is 11.6 Å². The Kier molecular flexibility index (Phi) is 4.96. The Bertz CT molecular complexity index is 493. The second kappa shape index (κ2) is 6.52. The third-order valence-electron chi connectivity index (χ3n) is 3.82. The molecule has 1 heterocycles. The predicted octanol–water partition coefficient (Wildman–Crippen LogP) is 2.77. The Labute approximate surface area is 124 Å². The standard InChI is InChI=1S/C14H20ClN3O2/c1-16(2)12-4-3-7-17(10-12)9-11-5-6-13(15)14(8-11)18(19)20/h5-6,8,12H,3-4,7,9-10H2,1-2H3. The van der Waals surface area contributed by atoms with E-state index in [0.29, 0.717) is 6.04 Å². The molecule has 2 rings (SSSR count). The molecule has 110 valence electrons. The van der Waals surface area contributed by atoms with E-state index in [1.807, 2.05) is 6.07 Å².